The number of H-pyrrole nitrogens is 1. The summed E-state index contributed by atoms with van der Waals surface area (Å²) in [4.78, 5) is 2.58. The molecule has 0 aliphatic heterocycles. The normalized spacial score (nSPS) is 11.6. The molecule has 0 atom stereocenters. The van der Waals surface area contributed by atoms with E-state index in [1.165, 1.54) is 12.3 Å². The lowest BCUT2D eigenvalue weighted by Gasteiger charge is -2.08. The number of rotatable bonds is 5. The Hall–Kier alpha value is -2.00. The molecule has 0 saturated heterocycles. The Balaban J connectivity index is 2.30. The number of aromatic amines is 1. The minimum atomic E-state index is -4.10. The number of sulfonamides is 1. The second-order valence-electron chi connectivity index (χ2n) is 4.24. The first-order valence-electron chi connectivity index (χ1n) is 5.83. The van der Waals surface area contributed by atoms with Crippen LogP contribution >= 0.6 is 0 Å². The van der Waals surface area contributed by atoms with Crippen LogP contribution in [-0.4, -0.2) is 20.4 Å². The van der Waals surface area contributed by atoms with Crippen molar-refractivity contribution in [1.82, 2.24) is 10.3 Å². The quantitative estimate of drug-likeness (QED) is 0.738. The maximum absolute atomic E-state index is 13.5. The number of hydrogen-bond acceptors (Lipinski definition) is 3. The second kappa shape index (κ2) is 5.78. The van der Waals surface area contributed by atoms with Crippen molar-refractivity contribution < 1.29 is 21.6 Å². The van der Waals surface area contributed by atoms with Crippen LogP contribution in [0.25, 0.3) is 0 Å². The first-order chi connectivity index (χ1) is 9.83. The van der Waals surface area contributed by atoms with E-state index in [0.29, 0.717) is 18.3 Å². The van der Waals surface area contributed by atoms with Gasteiger partial charge in [0.2, 0.25) is 0 Å². The van der Waals surface area contributed by atoms with E-state index in [0.717, 1.165) is 0 Å². The maximum atomic E-state index is 13.5. The smallest absolute Gasteiger partial charge is 0.263 e. The minimum Gasteiger partial charge on any atom is -0.363 e. The van der Waals surface area contributed by atoms with Gasteiger partial charge in [0.15, 0.2) is 11.6 Å². The Morgan fingerprint density at radius 2 is 1.76 bits per heavy atom. The van der Waals surface area contributed by atoms with Gasteiger partial charge >= 0.3 is 0 Å². The predicted octanol–water partition coefficient (Wildman–Crippen LogP) is 1.95. The fourth-order valence-electron chi connectivity index (χ4n) is 1.67. The zero-order valence-corrected chi connectivity index (χ0v) is 11.7. The highest BCUT2D eigenvalue weighted by atomic mass is 32.2. The van der Waals surface area contributed by atoms with Crippen molar-refractivity contribution in [3.63, 3.8) is 0 Å². The summed E-state index contributed by atoms with van der Waals surface area (Å²) in [6, 6.07) is 2.07. The lowest BCUT2D eigenvalue weighted by Crippen LogP contribution is -2.14. The van der Waals surface area contributed by atoms with Crippen molar-refractivity contribution in [3.05, 3.63) is 47.5 Å². The van der Waals surface area contributed by atoms with E-state index in [2.05, 4.69) is 10.3 Å². The average molecular weight is 319 g/mol. The third-order valence-corrected chi connectivity index (χ3v) is 3.99. The summed E-state index contributed by atoms with van der Waals surface area (Å²) in [5.74, 6) is -3.95. The van der Waals surface area contributed by atoms with Crippen molar-refractivity contribution in [3.8, 4) is 0 Å². The van der Waals surface area contributed by atoms with E-state index in [9.17, 15) is 21.6 Å². The van der Waals surface area contributed by atoms with Crippen LogP contribution in [0, 0.1) is 17.5 Å². The monoisotopic (exact) mass is 319 g/mol. The molecule has 0 bridgehead atoms. The molecule has 0 amide bonds. The molecule has 1 aromatic carbocycles. The van der Waals surface area contributed by atoms with Crippen LogP contribution < -0.4 is 10.0 Å². The molecule has 0 aliphatic carbocycles. The van der Waals surface area contributed by atoms with Crippen LogP contribution in [0.4, 0.5) is 18.9 Å². The third kappa shape index (κ3) is 3.37. The molecule has 21 heavy (non-hydrogen) atoms. The number of benzene rings is 1. The van der Waals surface area contributed by atoms with Gasteiger partial charge in [-0.05, 0) is 13.1 Å². The number of aromatic nitrogens is 1. The molecule has 1 heterocycles. The van der Waals surface area contributed by atoms with Crippen LogP contribution in [0.15, 0.2) is 29.3 Å². The van der Waals surface area contributed by atoms with Gasteiger partial charge in [0.1, 0.15) is 10.7 Å². The predicted molar refractivity (Wildman–Crippen MR) is 70.7 cm³/mol. The van der Waals surface area contributed by atoms with E-state index in [1.54, 1.807) is 7.05 Å². The number of nitrogens with one attached hydrogen (secondary N) is 3. The van der Waals surface area contributed by atoms with Crippen LogP contribution in [-0.2, 0) is 16.6 Å². The fraction of sp³-hybridized carbons (Fsp3) is 0.167. The van der Waals surface area contributed by atoms with E-state index >= 15 is 0 Å². The largest absolute Gasteiger partial charge is 0.363 e. The first kappa shape index (κ1) is 15.4. The Morgan fingerprint density at radius 3 is 2.43 bits per heavy atom. The van der Waals surface area contributed by atoms with Gasteiger partial charge in [-0.2, -0.15) is 0 Å². The van der Waals surface area contributed by atoms with E-state index in [4.69, 9.17) is 0 Å². The van der Waals surface area contributed by atoms with Crippen molar-refractivity contribution in [2.24, 2.45) is 0 Å². The highest BCUT2D eigenvalue weighted by Crippen LogP contribution is 2.22. The second-order valence-corrected chi connectivity index (χ2v) is 5.93. The molecule has 2 aromatic rings. The summed E-state index contributed by atoms with van der Waals surface area (Å²) >= 11 is 0. The molecular formula is C12H12F3N3O2S. The molecule has 0 unspecified atom stereocenters. The summed E-state index contributed by atoms with van der Waals surface area (Å²) in [6.45, 7) is 0.412. The van der Waals surface area contributed by atoms with Crippen LogP contribution in [0.3, 0.4) is 0 Å². The Bertz CT molecular complexity index is 759. The molecule has 114 valence electrons. The Morgan fingerprint density at radius 1 is 1.10 bits per heavy atom. The molecule has 3 N–H and O–H groups in total. The molecular weight excluding hydrogens is 307 g/mol. The molecule has 1 aromatic heterocycles. The highest BCUT2D eigenvalue weighted by molar-refractivity contribution is 7.92. The van der Waals surface area contributed by atoms with Crippen LogP contribution in [0.2, 0.25) is 0 Å². The molecule has 0 aliphatic rings. The van der Waals surface area contributed by atoms with Crippen LogP contribution in [0.1, 0.15) is 5.69 Å². The number of anilines is 1. The number of halogens is 3. The average Bonchev–Trinajstić information content (AvgIpc) is 2.86. The zero-order valence-electron chi connectivity index (χ0n) is 10.9. The lowest BCUT2D eigenvalue weighted by atomic mass is 10.3. The molecule has 0 spiro atoms. The molecule has 0 saturated carbocycles. The van der Waals surface area contributed by atoms with Gasteiger partial charge in [0.25, 0.3) is 10.0 Å². The van der Waals surface area contributed by atoms with E-state index in [-0.39, 0.29) is 11.0 Å². The zero-order chi connectivity index (χ0) is 15.6. The molecule has 9 heteroatoms. The van der Waals surface area contributed by atoms with Gasteiger partial charge in [-0.3, -0.25) is 4.72 Å². The van der Waals surface area contributed by atoms with Crippen LogP contribution in [0.5, 0.6) is 0 Å². The van der Waals surface area contributed by atoms with Gasteiger partial charge < -0.3 is 10.3 Å². The van der Waals surface area contributed by atoms with Crippen molar-refractivity contribution >= 4 is 15.7 Å². The maximum Gasteiger partial charge on any atom is 0.263 e. The topological polar surface area (TPSA) is 74.0 Å². The molecule has 0 fully saturated rings. The van der Waals surface area contributed by atoms with Crippen molar-refractivity contribution in [2.75, 3.05) is 11.8 Å². The fourth-order valence-corrected chi connectivity index (χ4v) is 2.75. The van der Waals surface area contributed by atoms with Crippen molar-refractivity contribution in [2.45, 2.75) is 11.4 Å². The standard InChI is InChI=1S/C12H12F3N3O2S/c1-16-5-7-2-8(6-17-7)21(19,20)18-12-4-10(14)9(13)3-11(12)15/h2-4,6,16-18H,5H2,1H3. The molecule has 5 nitrogen and oxygen atoms in total. The van der Waals surface area contributed by atoms with Gasteiger partial charge in [-0.15, -0.1) is 0 Å². The molecule has 0 radical (unpaired) electrons. The Labute approximate surface area is 119 Å². The lowest BCUT2D eigenvalue weighted by molar-refractivity contribution is 0.496. The SMILES string of the molecule is CNCc1cc(S(=O)(=O)Nc2cc(F)c(F)cc2F)c[nH]1. The van der Waals surface area contributed by atoms with E-state index < -0.39 is 33.2 Å². The summed E-state index contributed by atoms with van der Waals surface area (Å²) in [7, 11) is -2.42. The van der Waals surface area contributed by atoms with Gasteiger partial charge in [-0.25, -0.2) is 21.6 Å². The summed E-state index contributed by atoms with van der Waals surface area (Å²) < 4.78 is 65.2. The highest BCUT2D eigenvalue weighted by Gasteiger charge is 2.19. The van der Waals surface area contributed by atoms with Gasteiger partial charge in [0, 0.05) is 30.6 Å². The number of hydrogen-bond donors (Lipinski definition) is 3. The molecule has 2 rings (SSSR count). The summed E-state index contributed by atoms with van der Waals surface area (Å²) in [5.41, 5.74) is -0.0612. The van der Waals surface area contributed by atoms with Gasteiger partial charge in [0.05, 0.1) is 5.69 Å². The Kier molecular flexibility index (Phi) is 4.24. The summed E-state index contributed by atoms with van der Waals surface area (Å²) in [5, 5.41) is 2.82. The third-order valence-electron chi connectivity index (χ3n) is 2.65. The van der Waals surface area contributed by atoms with Gasteiger partial charge in [-0.1, -0.05) is 0 Å². The summed E-state index contributed by atoms with van der Waals surface area (Å²) in [6.07, 6.45) is 1.22. The van der Waals surface area contributed by atoms with E-state index in [1.807, 2.05) is 4.72 Å². The van der Waals surface area contributed by atoms with Crippen molar-refractivity contribution in [1.29, 1.82) is 0 Å². The minimum absolute atomic E-state index is 0.142. The first-order valence-corrected chi connectivity index (χ1v) is 7.31.